The van der Waals surface area contributed by atoms with E-state index in [2.05, 4.69) is 42.2 Å². The van der Waals surface area contributed by atoms with E-state index in [1.807, 2.05) is 18.2 Å². The summed E-state index contributed by atoms with van der Waals surface area (Å²) in [6, 6.07) is 7.46. The number of methoxy groups -OCH3 is 1. The minimum Gasteiger partial charge on any atom is -0.495 e. The minimum atomic E-state index is 0.561. The first-order valence-corrected chi connectivity index (χ1v) is 6.70. The van der Waals surface area contributed by atoms with Crippen LogP contribution < -0.4 is 15.8 Å². The number of anilines is 3. The fourth-order valence-electron chi connectivity index (χ4n) is 1.46. The third kappa shape index (κ3) is 2.94. The van der Waals surface area contributed by atoms with Crippen molar-refractivity contribution in [2.75, 3.05) is 18.2 Å². The van der Waals surface area contributed by atoms with Crippen molar-refractivity contribution in [3.05, 3.63) is 39.4 Å². The topological polar surface area (TPSA) is 60.2 Å². The molecule has 94 valence electrons. The van der Waals surface area contributed by atoms with Crippen LogP contribution in [0.5, 0.6) is 5.75 Å². The fourth-order valence-corrected chi connectivity index (χ4v) is 2.17. The normalized spacial score (nSPS) is 10.2. The van der Waals surface area contributed by atoms with E-state index in [0.717, 1.165) is 20.4 Å². The maximum Gasteiger partial charge on any atom is 0.153 e. The molecule has 0 fully saturated rings. The zero-order valence-corrected chi connectivity index (χ0v) is 12.7. The van der Waals surface area contributed by atoms with E-state index >= 15 is 0 Å². The van der Waals surface area contributed by atoms with E-state index in [0.29, 0.717) is 11.5 Å². The molecular formula is C12H11Br2N3O. The standard InChI is InChI=1S/C12H11Br2N3O/c1-18-11-3-2-7(13)5-10(11)17-12-9(15)4-8(14)6-16-12/h2-6H,15H2,1H3,(H,16,17). The smallest absolute Gasteiger partial charge is 0.153 e. The predicted molar refractivity (Wildman–Crippen MR) is 80.3 cm³/mol. The van der Waals surface area contributed by atoms with Crippen LogP contribution in [0.2, 0.25) is 0 Å². The Morgan fingerprint density at radius 1 is 1.22 bits per heavy atom. The van der Waals surface area contributed by atoms with Crippen LogP contribution in [0.15, 0.2) is 39.4 Å². The number of ether oxygens (including phenoxy) is 1. The second-order valence-corrected chi connectivity index (χ2v) is 5.39. The van der Waals surface area contributed by atoms with Crippen LogP contribution in [0.3, 0.4) is 0 Å². The Morgan fingerprint density at radius 2 is 2.00 bits per heavy atom. The highest BCUT2D eigenvalue weighted by atomic mass is 79.9. The number of hydrogen-bond donors (Lipinski definition) is 2. The SMILES string of the molecule is COc1ccc(Br)cc1Nc1ncc(Br)cc1N. The quantitative estimate of drug-likeness (QED) is 0.856. The van der Waals surface area contributed by atoms with Gasteiger partial charge in [0.05, 0.1) is 18.5 Å². The summed E-state index contributed by atoms with van der Waals surface area (Å²) in [6.07, 6.45) is 1.68. The fraction of sp³-hybridized carbons (Fsp3) is 0.0833. The Morgan fingerprint density at radius 3 is 2.67 bits per heavy atom. The van der Waals surface area contributed by atoms with Crippen molar-refractivity contribution in [1.29, 1.82) is 0 Å². The maximum absolute atomic E-state index is 5.89. The van der Waals surface area contributed by atoms with Gasteiger partial charge in [0.2, 0.25) is 0 Å². The molecule has 0 amide bonds. The molecule has 4 nitrogen and oxygen atoms in total. The first kappa shape index (κ1) is 13.2. The number of hydrogen-bond acceptors (Lipinski definition) is 4. The molecule has 1 aromatic carbocycles. The molecule has 2 aromatic rings. The van der Waals surface area contributed by atoms with Gasteiger partial charge in [0.1, 0.15) is 5.75 Å². The lowest BCUT2D eigenvalue weighted by molar-refractivity contribution is 0.416. The van der Waals surface area contributed by atoms with Crippen LogP contribution in [-0.2, 0) is 0 Å². The minimum absolute atomic E-state index is 0.561. The largest absolute Gasteiger partial charge is 0.495 e. The number of halogens is 2. The van der Waals surface area contributed by atoms with Crippen LogP contribution >= 0.6 is 31.9 Å². The average Bonchev–Trinajstić information content (AvgIpc) is 2.33. The number of benzene rings is 1. The second kappa shape index (κ2) is 5.58. The molecule has 0 aliphatic rings. The van der Waals surface area contributed by atoms with Crippen LogP contribution in [-0.4, -0.2) is 12.1 Å². The number of rotatable bonds is 3. The molecule has 1 aromatic heterocycles. The highest BCUT2D eigenvalue weighted by Crippen LogP contribution is 2.32. The lowest BCUT2D eigenvalue weighted by Crippen LogP contribution is -2.00. The molecule has 2 rings (SSSR count). The first-order chi connectivity index (χ1) is 8.60. The molecule has 0 radical (unpaired) electrons. The highest BCUT2D eigenvalue weighted by Gasteiger charge is 2.07. The zero-order chi connectivity index (χ0) is 13.1. The van der Waals surface area contributed by atoms with Crippen molar-refractivity contribution < 1.29 is 4.74 Å². The van der Waals surface area contributed by atoms with Gasteiger partial charge in [-0.05, 0) is 40.2 Å². The summed E-state index contributed by atoms with van der Waals surface area (Å²) in [6.45, 7) is 0. The molecule has 0 aliphatic carbocycles. The van der Waals surface area contributed by atoms with Crippen molar-refractivity contribution in [3.63, 3.8) is 0 Å². The third-order valence-corrected chi connectivity index (χ3v) is 3.23. The van der Waals surface area contributed by atoms with Gasteiger partial charge >= 0.3 is 0 Å². The van der Waals surface area contributed by atoms with Crippen LogP contribution in [0.1, 0.15) is 0 Å². The molecule has 0 atom stereocenters. The summed E-state index contributed by atoms with van der Waals surface area (Å²) in [5.74, 6) is 1.32. The van der Waals surface area contributed by atoms with Crippen molar-refractivity contribution >= 4 is 49.1 Å². The van der Waals surface area contributed by atoms with E-state index in [-0.39, 0.29) is 0 Å². The summed E-state index contributed by atoms with van der Waals surface area (Å²) >= 11 is 6.73. The lowest BCUT2D eigenvalue weighted by atomic mass is 10.3. The Bertz CT molecular complexity index is 575. The Balaban J connectivity index is 2.36. The van der Waals surface area contributed by atoms with Crippen LogP contribution in [0, 0.1) is 0 Å². The molecular weight excluding hydrogens is 362 g/mol. The summed E-state index contributed by atoms with van der Waals surface area (Å²) in [7, 11) is 1.62. The van der Waals surface area contributed by atoms with Gasteiger partial charge in [-0.2, -0.15) is 0 Å². The maximum atomic E-state index is 5.89. The summed E-state index contributed by atoms with van der Waals surface area (Å²) in [5.41, 5.74) is 7.25. The molecule has 0 saturated heterocycles. The van der Waals surface area contributed by atoms with Gasteiger partial charge < -0.3 is 15.8 Å². The summed E-state index contributed by atoms with van der Waals surface area (Å²) in [5, 5.41) is 3.15. The van der Waals surface area contributed by atoms with Gasteiger partial charge in [-0.15, -0.1) is 0 Å². The number of nitrogens with zero attached hydrogens (tertiary/aromatic N) is 1. The number of nitrogen functional groups attached to an aromatic ring is 1. The van der Waals surface area contributed by atoms with Gasteiger partial charge in [0.25, 0.3) is 0 Å². The van der Waals surface area contributed by atoms with E-state index in [9.17, 15) is 0 Å². The van der Waals surface area contributed by atoms with Gasteiger partial charge in [-0.3, -0.25) is 0 Å². The number of nitrogens with one attached hydrogen (secondary N) is 1. The van der Waals surface area contributed by atoms with E-state index < -0.39 is 0 Å². The molecule has 0 unspecified atom stereocenters. The highest BCUT2D eigenvalue weighted by molar-refractivity contribution is 9.10. The molecule has 1 heterocycles. The van der Waals surface area contributed by atoms with Crippen LogP contribution in [0.4, 0.5) is 17.2 Å². The Kier molecular flexibility index (Phi) is 4.08. The van der Waals surface area contributed by atoms with Crippen molar-refractivity contribution in [3.8, 4) is 5.75 Å². The van der Waals surface area contributed by atoms with Crippen molar-refractivity contribution in [2.24, 2.45) is 0 Å². The van der Waals surface area contributed by atoms with E-state index in [4.69, 9.17) is 10.5 Å². The Hall–Kier alpha value is -1.27. The van der Waals surface area contributed by atoms with Gasteiger partial charge in [0.15, 0.2) is 5.82 Å². The summed E-state index contributed by atoms with van der Waals surface area (Å²) < 4.78 is 7.06. The molecule has 0 spiro atoms. The average molecular weight is 373 g/mol. The number of nitrogens with two attached hydrogens (primary N) is 1. The molecule has 0 aliphatic heterocycles. The van der Waals surface area contributed by atoms with Gasteiger partial charge in [-0.25, -0.2) is 4.98 Å². The summed E-state index contributed by atoms with van der Waals surface area (Å²) in [4.78, 5) is 4.22. The number of aromatic nitrogens is 1. The second-order valence-electron chi connectivity index (χ2n) is 3.56. The van der Waals surface area contributed by atoms with Crippen LogP contribution in [0.25, 0.3) is 0 Å². The molecule has 0 saturated carbocycles. The first-order valence-electron chi connectivity index (χ1n) is 5.11. The molecule has 0 bridgehead atoms. The lowest BCUT2D eigenvalue weighted by Gasteiger charge is -2.12. The zero-order valence-electron chi connectivity index (χ0n) is 9.58. The van der Waals surface area contributed by atoms with Crippen molar-refractivity contribution in [1.82, 2.24) is 4.98 Å². The molecule has 6 heteroatoms. The molecule has 3 N–H and O–H groups in total. The van der Waals surface area contributed by atoms with Gasteiger partial charge in [-0.1, -0.05) is 15.9 Å². The van der Waals surface area contributed by atoms with Gasteiger partial charge in [0, 0.05) is 15.1 Å². The predicted octanol–water partition coefficient (Wildman–Crippen LogP) is 3.94. The van der Waals surface area contributed by atoms with E-state index in [1.54, 1.807) is 19.4 Å². The monoisotopic (exact) mass is 371 g/mol. The van der Waals surface area contributed by atoms with E-state index in [1.165, 1.54) is 0 Å². The Labute approximate surface area is 122 Å². The van der Waals surface area contributed by atoms with Crippen molar-refractivity contribution in [2.45, 2.75) is 0 Å². The molecule has 18 heavy (non-hydrogen) atoms. The third-order valence-electron chi connectivity index (χ3n) is 2.30. The number of pyridine rings is 1.